The zero-order chi connectivity index (χ0) is 12.3. The van der Waals surface area contributed by atoms with Crippen molar-refractivity contribution >= 4 is 16.5 Å². The highest BCUT2D eigenvalue weighted by atomic mass is 32.1. The molecule has 1 saturated carbocycles. The molecule has 0 unspecified atom stereocenters. The van der Waals surface area contributed by atoms with E-state index in [4.69, 9.17) is 4.98 Å². The fraction of sp³-hybridized carbons (Fsp3) is 0.769. The molecule has 0 amide bonds. The summed E-state index contributed by atoms with van der Waals surface area (Å²) in [6.45, 7) is 9.70. The fourth-order valence-electron chi connectivity index (χ4n) is 2.01. The second-order valence-electron chi connectivity index (χ2n) is 4.70. The van der Waals surface area contributed by atoms with E-state index in [9.17, 15) is 0 Å². The van der Waals surface area contributed by atoms with E-state index >= 15 is 0 Å². The third kappa shape index (κ3) is 3.19. The van der Waals surface area contributed by atoms with Gasteiger partial charge in [-0.2, -0.15) is 0 Å². The van der Waals surface area contributed by atoms with Gasteiger partial charge in [-0.3, -0.25) is 0 Å². The average Bonchev–Trinajstić information content (AvgIpc) is 3.07. The molecule has 4 heteroatoms. The van der Waals surface area contributed by atoms with Crippen LogP contribution in [0.3, 0.4) is 0 Å². The third-order valence-electron chi connectivity index (χ3n) is 3.17. The van der Waals surface area contributed by atoms with Gasteiger partial charge in [0.05, 0.1) is 5.69 Å². The highest BCUT2D eigenvalue weighted by Gasteiger charge is 2.30. The normalized spacial score (nSPS) is 15.2. The van der Waals surface area contributed by atoms with Crippen molar-refractivity contribution in [1.29, 1.82) is 0 Å². The van der Waals surface area contributed by atoms with Crippen molar-refractivity contribution in [2.45, 2.75) is 52.6 Å². The van der Waals surface area contributed by atoms with Gasteiger partial charge in [-0.25, -0.2) is 4.98 Å². The van der Waals surface area contributed by atoms with Crippen molar-refractivity contribution in [2.75, 3.05) is 18.0 Å². The van der Waals surface area contributed by atoms with E-state index in [2.05, 4.69) is 31.0 Å². The van der Waals surface area contributed by atoms with Crippen molar-refractivity contribution in [3.8, 4) is 0 Å². The Morgan fingerprint density at radius 1 is 1.41 bits per heavy atom. The molecule has 1 aliphatic carbocycles. The molecule has 0 atom stereocenters. The van der Waals surface area contributed by atoms with Crippen LogP contribution in [0, 0.1) is 6.92 Å². The highest BCUT2D eigenvalue weighted by molar-refractivity contribution is 7.15. The van der Waals surface area contributed by atoms with Crippen molar-refractivity contribution in [3.05, 3.63) is 10.6 Å². The molecule has 2 rings (SSSR count). The Labute approximate surface area is 108 Å². The molecule has 1 N–H and O–H groups in total. The lowest BCUT2D eigenvalue weighted by molar-refractivity contribution is 0.678. The summed E-state index contributed by atoms with van der Waals surface area (Å²) in [6, 6.07) is 0.766. The van der Waals surface area contributed by atoms with Gasteiger partial charge in [0.15, 0.2) is 5.13 Å². The van der Waals surface area contributed by atoms with E-state index < -0.39 is 0 Å². The van der Waals surface area contributed by atoms with Gasteiger partial charge in [-0.1, -0.05) is 6.92 Å². The number of anilines is 1. The van der Waals surface area contributed by atoms with Crippen LogP contribution in [0.4, 0.5) is 5.13 Å². The predicted octanol–water partition coefficient (Wildman–Crippen LogP) is 2.94. The van der Waals surface area contributed by atoms with E-state index in [1.165, 1.54) is 35.0 Å². The summed E-state index contributed by atoms with van der Waals surface area (Å²) in [5.74, 6) is 0. The topological polar surface area (TPSA) is 28.2 Å². The number of thiazole rings is 1. The van der Waals surface area contributed by atoms with Crippen LogP contribution in [0.15, 0.2) is 0 Å². The van der Waals surface area contributed by atoms with Crippen LogP contribution in [0.5, 0.6) is 0 Å². The molecule has 96 valence electrons. The van der Waals surface area contributed by atoms with Gasteiger partial charge in [0.1, 0.15) is 0 Å². The minimum atomic E-state index is 0.766. The van der Waals surface area contributed by atoms with Crippen molar-refractivity contribution in [1.82, 2.24) is 10.3 Å². The van der Waals surface area contributed by atoms with Gasteiger partial charge in [0.2, 0.25) is 0 Å². The van der Waals surface area contributed by atoms with E-state index in [1.807, 2.05) is 11.3 Å². The van der Waals surface area contributed by atoms with Gasteiger partial charge < -0.3 is 10.2 Å². The largest absolute Gasteiger partial charge is 0.345 e. The molecule has 0 spiro atoms. The zero-order valence-electron chi connectivity index (χ0n) is 11.1. The first-order valence-corrected chi connectivity index (χ1v) is 7.51. The first-order chi connectivity index (χ1) is 8.26. The van der Waals surface area contributed by atoms with Gasteiger partial charge in [-0.15, -0.1) is 11.3 Å². The van der Waals surface area contributed by atoms with E-state index in [0.29, 0.717) is 0 Å². The number of rotatable bonds is 7. The Bertz CT molecular complexity index is 358. The van der Waals surface area contributed by atoms with Crippen LogP contribution in [0.2, 0.25) is 0 Å². The van der Waals surface area contributed by atoms with E-state index in [1.54, 1.807) is 0 Å². The molecule has 1 fully saturated rings. The summed E-state index contributed by atoms with van der Waals surface area (Å²) in [5, 5.41) is 4.68. The second-order valence-corrected chi connectivity index (χ2v) is 5.76. The van der Waals surface area contributed by atoms with Crippen LogP contribution >= 0.6 is 11.3 Å². The molecule has 0 radical (unpaired) electrons. The highest BCUT2D eigenvalue weighted by Crippen LogP contribution is 2.34. The molecule has 1 aromatic heterocycles. The number of nitrogens with zero attached hydrogens (tertiary/aromatic N) is 2. The van der Waals surface area contributed by atoms with Crippen molar-refractivity contribution in [2.24, 2.45) is 0 Å². The maximum Gasteiger partial charge on any atom is 0.186 e. The first-order valence-electron chi connectivity index (χ1n) is 6.69. The van der Waals surface area contributed by atoms with Crippen molar-refractivity contribution in [3.63, 3.8) is 0 Å². The maximum absolute atomic E-state index is 4.73. The monoisotopic (exact) mass is 253 g/mol. The molecule has 3 nitrogen and oxygen atoms in total. The molecular formula is C13H23N3S. The molecule has 17 heavy (non-hydrogen) atoms. The predicted molar refractivity (Wildman–Crippen MR) is 74.9 cm³/mol. The Balaban J connectivity index is 2.01. The molecular weight excluding hydrogens is 230 g/mol. The molecule has 0 bridgehead atoms. The summed E-state index contributed by atoms with van der Waals surface area (Å²) >= 11 is 1.86. The summed E-state index contributed by atoms with van der Waals surface area (Å²) in [7, 11) is 0. The van der Waals surface area contributed by atoms with Gasteiger partial charge in [0, 0.05) is 24.0 Å². The number of hydrogen-bond acceptors (Lipinski definition) is 4. The Hall–Kier alpha value is -0.610. The number of hydrogen-bond donors (Lipinski definition) is 1. The van der Waals surface area contributed by atoms with E-state index in [0.717, 1.165) is 25.7 Å². The third-order valence-corrected chi connectivity index (χ3v) is 4.36. The summed E-state index contributed by atoms with van der Waals surface area (Å²) in [4.78, 5) is 8.58. The second kappa shape index (κ2) is 5.83. The van der Waals surface area contributed by atoms with Crippen LogP contribution in [0.1, 0.15) is 43.7 Å². The summed E-state index contributed by atoms with van der Waals surface area (Å²) in [5.41, 5.74) is 1.20. The molecule has 1 aromatic rings. The minimum absolute atomic E-state index is 0.766. The first kappa shape index (κ1) is 12.8. The quantitative estimate of drug-likeness (QED) is 0.757. The minimum Gasteiger partial charge on any atom is -0.345 e. The van der Waals surface area contributed by atoms with Crippen LogP contribution < -0.4 is 10.2 Å². The number of aromatic nitrogens is 1. The lowest BCUT2D eigenvalue weighted by Crippen LogP contribution is -2.24. The lowest BCUT2D eigenvalue weighted by atomic mass is 10.4. The molecule has 0 aliphatic heterocycles. The number of aryl methyl sites for hydroxylation is 1. The Kier molecular flexibility index (Phi) is 4.40. The maximum atomic E-state index is 4.73. The van der Waals surface area contributed by atoms with Crippen molar-refractivity contribution < 1.29 is 0 Å². The Morgan fingerprint density at radius 2 is 2.18 bits per heavy atom. The van der Waals surface area contributed by atoms with Gasteiger partial charge >= 0.3 is 0 Å². The van der Waals surface area contributed by atoms with Crippen LogP contribution in [0.25, 0.3) is 0 Å². The molecule has 0 aromatic carbocycles. The standard InChI is InChI=1S/C13H23N3S/c1-4-8-14-9-12-10(3)15-13(17-12)16(5-2)11-6-7-11/h11,14H,4-9H2,1-3H3. The average molecular weight is 253 g/mol. The lowest BCUT2D eigenvalue weighted by Gasteiger charge is -2.18. The summed E-state index contributed by atoms with van der Waals surface area (Å²) in [6.07, 6.45) is 3.87. The van der Waals surface area contributed by atoms with Gasteiger partial charge in [0.25, 0.3) is 0 Å². The van der Waals surface area contributed by atoms with E-state index in [-0.39, 0.29) is 0 Å². The SMILES string of the molecule is CCCNCc1sc(N(CC)C2CC2)nc1C. The zero-order valence-corrected chi connectivity index (χ0v) is 11.9. The van der Waals surface area contributed by atoms with Crippen LogP contribution in [-0.4, -0.2) is 24.1 Å². The van der Waals surface area contributed by atoms with Gasteiger partial charge in [-0.05, 0) is 39.7 Å². The Morgan fingerprint density at radius 3 is 2.76 bits per heavy atom. The smallest absolute Gasteiger partial charge is 0.186 e. The fourth-order valence-corrected chi connectivity index (χ4v) is 3.18. The summed E-state index contributed by atoms with van der Waals surface area (Å²) < 4.78 is 0. The number of nitrogens with one attached hydrogen (secondary N) is 1. The molecule has 1 heterocycles. The van der Waals surface area contributed by atoms with Crippen LogP contribution in [-0.2, 0) is 6.54 Å². The molecule has 1 aliphatic rings. The molecule has 0 saturated heterocycles.